The van der Waals surface area contributed by atoms with Crippen LogP contribution in [-0.4, -0.2) is 25.3 Å². The van der Waals surface area contributed by atoms with Crippen molar-refractivity contribution in [3.8, 4) is 11.3 Å². The standard InChI is InChI=1S/C21H24N2O2S/c1-3-11-22-20-14-16(2)5-6-18(20)15-21(22)17-7-9-19(10-8-17)23-12-4-13-26(23,24)25/h5-10,14-15H,3-4,11-13H2,1-2H3. The van der Waals surface area contributed by atoms with E-state index in [9.17, 15) is 8.42 Å². The second-order valence-corrected chi connectivity index (χ2v) is 9.04. The van der Waals surface area contributed by atoms with Gasteiger partial charge < -0.3 is 4.57 Å². The molecule has 0 amide bonds. The maximum absolute atomic E-state index is 12.1. The summed E-state index contributed by atoms with van der Waals surface area (Å²) in [6.45, 7) is 5.85. The number of aryl methyl sites for hydroxylation is 2. The lowest BCUT2D eigenvalue weighted by molar-refractivity contribution is 0.599. The highest BCUT2D eigenvalue weighted by Crippen LogP contribution is 2.32. The maximum atomic E-state index is 12.1. The molecule has 2 heterocycles. The van der Waals surface area contributed by atoms with Gasteiger partial charge in [0.05, 0.1) is 11.4 Å². The average Bonchev–Trinajstić information content (AvgIpc) is 3.15. The summed E-state index contributed by atoms with van der Waals surface area (Å²) in [5.74, 6) is 0.249. The first-order chi connectivity index (χ1) is 12.5. The van der Waals surface area contributed by atoms with Gasteiger partial charge in [0, 0.05) is 29.7 Å². The topological polar surface area (TPSA) is 42.3 Å². The summed E-state index contributed by atoms with van der Waals surface area (Å²) in [6, 6.07) is 16.7. The van der Waals surface area contributed by atoms with Crippen molar-refractivity contribution >= 4 is 26.6 Å². The smallest absolute Gasteiger partial charge is 0.235 e. The third kappa shape index (κ3) is 2.90. The summed E-state index contributed by atoms with van der Waals surface area (Å²) < 4.78 is 28.1. The van der Waals surface area contributed by atoms with Crippen molar-refractivity contribution in [2.75, 3.05) is 16.6 Å². The van der Waals surface area contributed by atoms with Crippen LogP contribution in [0.2, 0.25) is 0 Å². The van der Waals surface area contributed by atoms with E-state index in [1.54, 1.807) is 0 Å². The molecule has 4 nitrogen and oxygen atoms in total. The molecule has 1 fully saturated rings. The van der Waals surface area contributed by atoms with E-state index >= 15 is 0 Å². The molecule has 0 unspecified atom stereocenters. The van der Waals surface area contributed by atoms with Crippen LogP contribution in [0.15, 0.2) is 48.5 Å². The van der Waals surface area contributed by atoms with Crippen LogP contribution in [0.25, 0.3) is 22.2 Å². The zero-order valence-corrected chi connectivity index (χ0v) is 16.1. The molecule has 1 saturated heterocycles. The van der Waals surface area contributed by atoms with Crippen molar-refractivity contribution < 1.29 is 8.42 Å². The van der Waals surface area contributed by atoms with E-state index in [4.69, 9.17) is 0 Å². The number of rotatable bonds is 4. The number of nitrogens with zero attached hydrogens (tertiary/aromatic N) is 2. The molecule has 1 aliphatic rings. The average molecular weight is 369 g/mol. The van der Waals surface area contributed by atoms with Crippen molar-refractivity contribution in [1.29, 1.82) is 0 Å². The van der Waals surface area contributed by atoms with Crippen molar-refractivity contribution in [2.24, 2.45) is 0 Å². The Morgan fingerprint density at radius 1 is 1.04 bits per heavy atom. The van der Waals surface area contributed by atoms with E-state index in [2.05, 4.69) is 42.7 Å². The number of aromatic nitrogens is 1. The fraction of sp³-hybridized carbons (Fsp3) is 0.333. The quantitative estimate of drug-likeness (QED) is 0.677. The minimum atomic E-state index is -3.13. The predicted octanol–water partition coefficient (Wildman–Crippen LogP) is 4.57. The second kappa shape index (κ2) is 6.47. The Morgan fingerprint density at radius 2 is 1.81 bits per heavy atom. The van der Waals surface area contributed by atoms with Crippen molar-refractivity contribution in [1.82, 2.24) is 4.57 Å². The molecule has 26 heavy (non-hydrogen) atoms. The Bertz CT molecular complexity index is 1050. The summed E-state index contributed by atoms with van der Waals surface area (Å²) in [6.07, 6.45) is 1.77. The molecule has 0 N–H and O–H groups in total. The first-order valence-electron chi connectivity index (χ1n) is 9.20. The molecule has 0 saturated carbocycles. The van der Waals surface area contributed by atoms with Crippen molar-refractivity contribution in [2.45, 2.75) is 33.2 Å². The molecule has 2 aromatic carbocycles. The van der Waals surface area contributed by atoms with Crippen LogP contribution in [0.5, 0.6) is 0 Å². The van der Waals surface area contributed by atoms with Gasteiger partial charge in [-0.3, -0.25) is 4.31 Å². The van der Waals surface area contributed by atoms with Crippen molar-refractivity contribution in [3.63, 3.8) is 0 Å². The van der Waals surface area contributed by atoms with Gasteiger partial charge in [0.15, 0.2) is 0 Å². The molecule has 4 rings (SSSR count). The Morgan fingerprint density at radius 3 is 2.46 bits per heavy atom. The minimum absolute atomic E-state index is 0.249. The molecule has 0 aliphatic carbocycles. The van der Waals surface area contributed by atoms with Gasteiger partial charge in [-0.05, 0) is 55.2 Å². The van der Waals surface area contributed by atoms with E-state index in [1.807, 2.05) is 24.3 Å². The van der Waals surface area contributed by atoms with Crippen LogP contribution >= 0.6 is 0 Å². The molecule has 0 spiro atoms. The molecule has 5 heteroatoms. The normalized spacial score (nSPS) is 16.5. The second-order valence-electron chi connectivity index (χ2n) is 7.03. The van der Waals surface area contributed by atoms with Gasteiger partial charge in [0.1, 0.15) is 0 Å². The summed E-state index contributed by atoms with van der Waals surface area (Å²) >= 11 is 0. The van der Waals surface area contributed by atoms with Gasteiger partial charge in [-0.1, -0.05) is 31.2 Å². The number of hydrogen-bond acceptors (Lipinski definition) is 2. The number of hydrogen-bond donors (Lipinski definition) is 0. The molecule has 0 radical (unpaired) electrons. The SMILES string of the molecule is CCCn1c(-c2ccc(N3CCCS3(=O)=O)cc2)cc2ccc(C)cc21. The Kier molecular flexibility index (Phi) is 4.27. The summed E-state index contributed by atoms with van der Waals surface area (Å²) in [5.41, 5.74) is 5.58. The zero-order chi connectivity index (χ0) is 18.3. The van der Waals surface area contributed by atoms with E-state index in [1.165, 1.54) is 26.5 Å². The maximum Gasteiger partial charge on any atom is 0.235 e. The molecule has 1 aliphatic heterocycles. The first kappa shape index (κ1) is 17.2. The molecule has 136 valence electrons. The highest BCUT2D eigenvalue weighted by atomic mass is 32.2. The number of anilines is 1. The molecular formula is C21H24N2O2S. The van der Waals surface area contributed by atoms with Crippen LogP contribution < -0.4 is 4.31 Å². The zero-order valence-electron chi connectivity index (χ0n) is 15.3. The van der Waals surface area contributed by atoms with Crippen LogP contribution in [0.1, 0.15) is 25.3 Å². The van der Waals surface area contributed by atoms with E-state index in [0.717, 1.165) is 24.2 Å². The Hall–Kier alpha value is -2.27. The summed E-state index contributed by atoms with van der Waals surface area (Å²) in [7, 11) is -3.13. The fourth-order valence-corrected chi connectivity index (χ4v) is 5.36. The molecular weight excluding hydrogens is 344 g/mol. The van der Waals surface area contributed by atoms with Gasteiger partial charge in [-0.2, -0.15) is 0 Å². The molecule has 3 aromatic rings. The molecule has 0 bridgehead atoms. The van der Waals surface area contributed by atoms with E-state index in [-0.39, 0.29) is 5.75 Å². The highest BCUT2D eigenvalue weighted by molar-refractivity contribution is 7.93. The van der Waals surface area contributed by atoms with Gasteiger partial charge in [0.25, 0.3) is 0 Å². The fourth-order valence-electron chi connectivity index (χ4n) is 3.80. The van der Waals surface area contributed by atoms with Crippen LogP contribution in [0, 0.1) is 6.92 Å². The Balaban J connectivity index is 1.77. The highest BCUT2D eigenvalue weighted by Gasteiger charge is 2.28. The van der Waals surface area contributed by atoms with Crippen LogP contribution in [-0.2, 0) is 16.6 Å². The third-order valence-electron chi connectivity index (χ3n) is 5.06. The Labute approximate surface area is 155 Å². The predicted molar refractivity (Wildman–Crippen MR) is 108 cm³/mol. The van der Waals surface area contributed by atoms with Gasteiger partial charge in [-0.15, -0.1) is 0 Å². The number of fused-ring (bicyclic) bond motifs is 1. The minimum Gasteiger partial charge on any atom is -0.340 e. The number of sulfonamides is 1. The summed E-state index contributed by atoms with van der Waals surface area (Å²) in [5, 5.41) is 1.24. The molecule has 1 aromatic heterocycles. The lowest BCUT2D eigenvalue weighted by Gasteiger charge is -2.17. The van der Waals surface area contributed by atoms with Crippen LogP contribution in [0.4, 0.5) is 5.69 Å². The van der Waals surface area contributed by atoms with Gasteiger partial charge in [0.2, 0.25) is 10.0 Å². The lowest BCUT2D eigenvalue weighted by Crippen LogP contribution is -2.24. The number of benzene rings is 2. The van der Waals surface area contributed by atoms with Crippen molar-refractivity contribution in [3.05, 3.63) is 54.1 Å². The van der Waals surface area contributed by atoms with Crippen LogP contribution in [0.3, 0.4) is 0 Å². The van der Waals surface area contributed by atoms with Gasteiger partial charge in [-0.25, -0.2) is 8.42 Å². The summed E-state index contributed by atoms with van der Waals surface area (Å²) in [4.78, 5) is 0. The van der Waals surface area contributed by atoms with E-state index in [0.29, 0.717) is 13.0 Å². The molecule has 0 atom stereocenters. The monoisotopic (exact) mass is 368 g/mol. The third-order valence-corrected chi connectivity index (χ3v) is 6.93. The first-order valence-corrected chi connectivity index (χ1v) is 10.8. The lowest BCUT2D eigenvalue weighted by atomic mass is 10.1. The largest absolute Gasteiger partial charge is 0.340 e. The van der Waals surface area contributed by atoms with Gasteiger partial charge >= 0.3 is 0 Å². The van der Waals surface area contributed by atoms with E-state index < -0.39 is 10.0 Å².